The lowest BCUT2D eigenvalue weighted by molar-refractivity contribution is -0.143. The first-order chi connectivity index (χ1) is 13.9. The normalized spacial score (nSPS) is 19.1. The van der Waals surface area contributed by atoms with Crippen molar-refractivity contribution in [2.45, 2.75) is 77.0 Å². The fourth-order valence-corrected chi connectivity index (χ4v) is 3.30. The molecule has 30 heavy (non-hydrogen) atoms. The first-order valence-corrected chi connectivity index (χ1v) is 10.1. The number of hydrogen-bond donors (Lipinski definition) is 5. The van der Waals surface area contributed by atoms with Gasteiger partial charge in [-0.25, -0.2) is 4.79 Å². The van der Waals surface area contributed by atoms with E-state index in [1.54, 1.807) is 0 Å². The summed E-state index contributed by atoms with van der Waals surface area (Å²) in [5.74, 6) is -3.23. The second kappa shape index (κ2) is 11.5. The van der Waals surface area contributed by atoms with Crippen LogP contribution < -0.4 is 22.1 Å². The summed E-state index contributed by atoms with van der Waals surface area (Å²) in [7, 11) is 0. The number of amides is 4. The van der Waals surface area contributed by atoms with Gasteiger partial charge in [0.25, 0.3) is 0 Å². The molecule has 0 aromatic carbocycles. The lowest BCUT2D eigenvalue weighted by atomic mass is 10.0. The van der Waals surface area contributed by atoms with Crippen LogP contribution in [0.25, 0.3) is 0 Å². The number of carboxylic acids is 1. The molecule has 4 unspecified atom stereocenters. The molecule has 4 amide bonds. The molecule has 1 heterocycles. The Morgan fingerprint density at radius 3 is 2.30 bits per heavy atom. The van der Waals surface area contributed by atoms with E-state index in [1.807, 2.05) is 13.8 Å². The lowest BCUT2D eigenvalue weighted by Gasteiger charge is -2.28. The standard InChI is InChI=1S/C19H33N5O6/c1-10(2)9-13(19(29)30)23-16(26)11(3)22-17(27)14-5-4-8-24(14)18(28)12(20)6-7-15(21)25/h10-14H,4-9,20H2,1-3H3,(H2,21,25)(H,22,27)(H,23,26)(H,29,30). The van der Waals surface area contributed by atoms with Crippen molar-refractivity contribution in [3.63, 3.8) is 0 Å². The largest absolute Gasteiger partial charge is 0.480 e. The molecule has 170 valence electrons. The van der Waals surface area contributed by atoms with Gasteiger partial charge in [-0.3, -0.25) is 19.2 Å². The Morgan fingerprint density at radius 2 is 1.77 bits per heavy atom. The highest BCUT2D eigenvalue weighted by atomic mass is 16.4. The van der Waals surface area contributed by atoms with E-state index in [9.17, 15) is 29.1 Å². The third kappa shape index (κ3) is 7.62. The van der Waals surface area contributed by atoms with Crippen LogP contribution in [0.2, 0.25) is 0 Å². The zero-order chi connectivity index (χ0) is 23.0. The molecule has 0 aromatic heterocycles. The van der Waals surface area contributed by atoms with Crippen molar-refractivity contribution >= 4 is 29.6 Å². The molecule has 0 spiro atoms. The van der Waals surface area contributed by atoms with Gasteiger partial charge in [0.15, 0.2) is 0 Å². The van der Waals surface area contributed by atoms with Crippen molar-refractivity contribution in [2.75, 3.05) is 6.54 Å². The summed E-state index contributed by atoms with van der Waals surface area (Å²) in [6.45, 7) is 5.47. The summed E-state index contributed by atoms with van der Waals surface area (Å²) >= 11 is 0. The molecule has 0 bridgehead atoms. The molecule has 0 radical (unpaired) electrons. The van der Waals surface area contributed by atoms with E-state index < -0.39 is 53.8 Å². The van der Waals surface area contributed by atoms with Gasteiger partial charge in [-0.15, -0.1) is 0 Å². The van der Waals surface area contributed by atoms with Crippen LogP contribution in [-0.4, -0.2) is 70.3 Å². The van der Waals surface area contributed by atoms with Crippen molar-refractivity contribution in [3.8, 4) is 0 Å². The van der Waals surface area contributed by atoms with E-state index in [0.717, 1.165) is 0 Å². The number of rotatable bonds is 11. The van der Waals surface area contributed by atoms with Gasteiger partial charge in [-0.2, -0.15) is 0 Å². The van der Waals surface area contributed by atoms with E-state index in [0.29, 0.717) is 19.4 Å². The number of carbonyl (C=O) groups excluding carboxylic acids is 4. The molecular weight excluding hydrogens is 394 g/mol. The highest BCUT2D eigenvalue weighted by Gasteiger charge is 2.37. The molecule has 1 fully saturated rings. The molecule has 1 aliphatic heterocycles. The van der Waals surface area contributed by atoms with Crippen LogP contribution in [0.3, 0.4) is 0 Å². The molecular formula is C19H33N5O6. The van der Waals surface area contributed by atoms with Crippen molar-refractivity contribution < 1.29 is 29.1 Å². The van der Waals surface area contributed by atoms with Crippen molar-refractivity contribution in [1.29, 1.82) is 0 Å². The SMILES string of the molecule is CC(C)CC(NC(=O)C(C)NC(=O)C1CCCN1C(=O)C(N)CCC(N)=O)C(=O)O. The molecule has 1 rings (SSSR count). The monoisotopic (exact) mass is 427 g/mol. The fourth-order valence-electron chi connectivity index (χ4n) is 3.30. The Labute approximate surface area is 175 Å². The van der Waals surface area contributed by atoms with E-state index >= 15 is 0 Å². The number of likely N-dealkylation sites (tertiary alicyclic amines) is 1. The molecule has 0 aliphatic carbocycles. The van der Waals surface area contributed by atoms with Crippen molar-refractivity contribution in [2.24, 2.45) is 17.4 Å². The molecule has 1 saturated heterocycles. The smallest absolute Gasteiger partial charge is 0.326 e. The molecule has 4 atom stereocenters. The van der Waals surface area contributed by atoms with Crippen LogP contribution in [0.4, 0.5) is 0 Å². The quantitative estimate of drug-likeness (QED) is 0.271. The minimum Gasteiger partial charge on any atom is -0.480 e. The Morgan fingerprint density at radius 1 is 1.13 bits per heavy atom. The maximum Gasteiger partial charge on any atom is 0.326 e. The summed E-state index contributed by atoms with van der Waals surface area (Å²) in [5.41, 5.74) is 10.9. The predicted octanol–water partition coefficient (Wildman–Crippen LogP) is -1.31. The minimum atomic E-state index is -1.15. The Hall–Kier alpha value is -2.69. The summed E-state index contributed by atoms with van der Waals surface area (Å²) in [4.78, 5) is 61.1. The second-order valence-corrected chi connectivity index (χ2v) is 8.06. The van der Waals surface area contributed by atoms with Gasteiger partial charge in [-0.1, -0.05) is 13.8 Å². The summed E-state index contributed by atoms with van der Waals surface area (Å²) in [5, 5.41) is 14.2. The third-order valence-corrected chi connectivity index (χ3v) is 4.93. The van der Waals surface area contributed by atoms with Crippen LogP contribution in [0, 0.1) is 5.92 Å². The predicted molar refractivity (Wildman–Crippen MR) is 108 cm³/mol. The number of nitrogens with one attached hydrogen (secondary N) is 2. The summed E-state index contributed by atoms with van der Waals surface area (Å²) in [6.07, 6.45) is 1.33. The van der Waals surface area contributed by atoms with Crippen molar-refractivity contribution in [3.05, 3.63) is 0 Å². The van der Waals surface area contributed by atoms with Gasteiger partial charge < -0.3 is 32.1 Å². The first-order valence-electron chi connectivity index (χ1n) is 10.1. The Kier molecular flexibility index (Phi) is 9.70. The number of hydrogen-bond acceptors (Lipinski definition) is 6. The first kappa shape index (κ1) is 25.3. The average Bonchev–Trinajstić information content (AvgIpc) is 3.14. The zero-order valence-electron chi connectivity index (χ0n) is 17.7. The average molecular weight is 428 g/mol. The maximum absolute atomic E-state index is 12.6. The van der Waals surface area contributed by atoms with Gasteiger partial charge in [-0.05, 0) is 38.5 Å². The van der Waals surface area contributed by atoms with Gasteiger partial charge in [0.2, 0.25) is 23.6 Å². The molecule has 11 heteroatoms. The third-order valence-electron chi connectivity index (χ3n) is 4.93. The molecule has 1 aliphatic rings. The van der Waals surface area contributed by atoms with Gasteiger partial charge in [0, 0.05) is 13.0 Å². The van der Waals surface area contributed by atoms with Crippen LogP contribution in [0.1, 0.15) is 52.9 Å². The van der Waals surface area contributed by atoms with E-state index in [1.165, 1.54) is 11.8 Å². The van der Waals surface area contributed by atoms with Crippen LogP contribution in [-0.2, 0) is 24.0 Å². The van der Waals surface area contributed by atoms with E-state index in [-0.39, 0.29) is 25.2 Å². The van der Waals surface area contributed by atoms with Crippen molar-refractivity contribution in [1.82, 2.24) is 15.5 Å². The van der Waals surface area contributed by atoms with Gasteiger partial charge in [0.05, 0.1) is 6.04 Å². The second-order valence-electron chi connectivity index (χ2n) is 8.06. The highest BCUT2D eigenvalue weighted by molar-refractivity contribution is 5.94. The topological polar surface area (TPSA) is 185 Å². The van der Waals surface area contributed by atoms with Gasteiger partial charge >= 0.3 is 5.97 Å². The molecule has 0 saturated carbocycles. The van der Waals surface area contributed by atoms with Crippen LogP contribution in [0.15, 0.2) is 0 Å². The lowest BCUT2D eigenvalue weighted by Crippen LogP contribution is -2.55. The number of nitrogens with zero attached hydrogens (tertiary/aromatic N) is 1. The van der Waals surface area contributed by atoms with Crippen LogP contribution >= 0.6 is 0 Å². The van der Waals surface area contributed by atoms with E-state index in [2.05, 4.69) is 10.6 Å². The zero-order valence-corrected chi connectivity index (χ0v) is 17.7. The molecule has 0 aromatic rings. The number of primary amides is 1. The summed E-state index contributed by atoms with van der Waals surface area (Å²) in [6, 6.07) is -3.76. The molecule has 7 N–H and O–H groups in total. The number of nitrogens with two attached hydrogens (primary N) is 2. The Balaban J connectivity index is 2.68. The molecule has 11 nitrogen and oxygen atoms in total. The van der Waals surface area contributed by atoms with E-state index in [4.69, 9.17) is 11.5 Å². The van der Waals surface area contributed by atoms with Crippen LogP contribution in [0.5, 0.6) is 0 Å². The number of carbonyl (C=O) groups is 5. The Bertz CT molecular complexity index is 668. The maximum atomic E-state index is 12.6. The number of aliphatic carboxylic acids is 1. The fraction of sp³-hybridized carbons (Fsp3) is 0.737. The minimum absolute atomic E-state index is 0.0318. The summed E-state index contributed by atoms with van der Waals surface area (Å²) < 4.78 is 0. The highest BCUT2D eigenvalue weighted by Crippen LogP contribution is 2.19. The van der Waals surface area contributed by atoms with Gasteiger partial charge in [0.1, 0.15) is 18.1 Å². The number of carboxylic acid groups (broad SMARTS) is 1.